The second-order valence-corrected chi connectivity index (χ2v) is 9.94. The number of tetrazole rings is 1. The SMILES string of the molecule is Cc1ccc2cc([C@H](c3nnnn3C3CCCC3)N(Cc3ccccc3)Cc3ccco3)c(=O)[nH]c2c1. The summed E-state index contributed by atoms with van der Waals surface area (Å²) in [4.78, 5) is 19.0. The Hall–Kier alpha value is -4.04. The van der Waals surface area contributed by atoms with Gasteiger partial charge in [-0.05, 0) is 71.0 Å². The average Bonchev–Trinajstić information content (AvgIpc) is 3.68. The molecule has 37 heavy (non-hydrogen) atoms. The highest BCUT2D eigenvalue weighted by molar-refractivity contribution is 5.79. The van der Waals surface area contributed by atoms with Crippen molar-refractivity contribution in [3.05, 3.63) is 112 Å². The van der Waals surface area contributed by atoms with E-state index in [9.17, 15) is 4.79 Å². The number of pyridine rings is 1. The van der Waals surface area contributed by atoms with Crippen LogP contribution in [0, 0.1) is 6.92 Å². The summed E-state index contributed by atoms with van der Waals surface area (Å²) >= 11 is 0. The Morgan fingerprint density at radius 2 is 1.89 bits per heavy atom. The molecule has 5 aromatic rings. The van der Waals surface area contributed by atoms with Crippen molar-refractivity contribution in [2.24, 2.45) is 0 Å². The van der Waals surface area contributed by atoms with Crippen molar-refractivity contribution in [1.29, 1.82) is 0 Å². The first-order valence-corrected chi connectivity index (χ1v) is 12.9. The van der Waals surface area contributed by atoms with Gasteiger partial charge in [0.1, 0.15) is 11.8 Å². The van der Waals surface area contributed by atoms with Crippen molar-refractivity contribution in [3.63, 3.8) is 0 Å². The minimum absolute atomic E-state index is 0.137. The van der Waals surface area contributed by atoms with Crippen molar-refractivity contribution in [3.8, 4) is 0 Å². The van der Waals surface area contributed by atoms with E-state index in [0.29, 0.717) is 24.5 Å². The highest BCUT2D eigenvalue weighted by atomic mass is 16.3. The van der Waals surface area contributed by atoms with Crippen LogP contribution in [0.1, 0.15) is 66.0 Å². The normalized spacial score (nSPS) is 15.1. The van der Waals surface area contributed by atoms with Crippen molar-refractivity contribution in [1.82, 2.24) is 30.1 Å². The second kappa shape index (κ2) is 10.1. The molecule has 3 aromatic heterocycles. The Balaban J connectivity index is 1.53. The molecule has 1 N–H and O–H groups in total. The van der Waals surface area contributed by atoms with Gasteiger partial charge in [-0.3, -0.25) is 9.69 Å². The van der Waals surface area contributed by atoms with E-state index in [1.54, 1.807) is 6.26 Å². The van der Waals surface area contributed by atoms with Crippen molar-refractivity contribution in [2.45, 2.75) is 57.8 Å². The molecule has 6 rings (SSSR count). The number of hydrogen-bond acceptors (Lipinski definition) is 6. The summed E-state index contributed by atoms with van der Waals surface area (Å²) in [6, 6.07) is 22.0. The van der Waals surface area contributed by atoms with Crippen LogP contribution in [-0.4, -0.2) is 30.1 Å². The molecule has 0 spiro atoms. The van der Waals surface area contributed by atoms with Crippen LogP contribution in [-0.2, 0) is 13.1 Å². The summed E-state index contributed by atoms with van der Waals surface area (Å²) in [6.45, 7) is 3.11. The van der Waals surface area contributed by atoms with Crippen LogP contribution in [0.3, 0.4) is 0 Å². The molecule has 188 valence electrons. The van der Waals surface area contributed by atoms with Gasteiger partial charge in [-0.2, -0.15) is 0 Å². The molecule has 0 saturated heterocycles. The van der Waals surface area contributed by atoms with E-state index in [4.69, 9.17) is 4.42 Å². The van der Waals surface area contributed by atoms with Crippen LogP contribution in [0.2, 0.25) is 0 Å². The average molecular weight is 495 g/mol. The van der Waals surface area contributed by atoms with E-state index in [0.717, 1.165) is 53.5 Å². The Morgan fingerprint density at radius 3 is 2.68 bits per heavy atom. The van der Waals surface area contributed by atoms with E-state index in [2.05, 4.69) is 49.7 Å². The maximum Gasteiger partial charge on any atom is 0.253 e. The van der Waals surface area contributed by atoms with Gasteiger partial charge in [0.15, 0.2) is 5.82 Å². The molecular weight excluding hydrogens is 464 g/mol. The predicted molar refractivity (Wildman–Crippen MR) is 141 cm³/mol. The van der Waals surface area contributed by atoms with Crippen molar-refractivity contribution in [2.75, 3.05) is 0 Å². The fourth-order valence-corrected chi connectivity index (χ4v) is 5.48. The number of hydrogen-bond donors (Lipinski definition) is 1. The number of rotatable bonds is 8. The number of furan rings is 1. The molecule has 0 aliphatic heterocycles. The molecule has 0 bridgehead atoms. The molecular formula is C29H30N6O2. The smallest absolute Gasteiger partial charge is 0.253 e. The van der Waals surface area contributed by atoms with Gasteiger partial charge < -0.3 is 9.40 Å². The van der Waals surface area contributed by atoms with Gasteiger partial charge in [0.25, 0.3) is 5.56 Å². The molecule has 0 radical (unpaired) electrons. The van der Waals surface area contributed by atoms with Crippen LogP contribution >= 0.6 is 0 Å². The lowest BCUT2D eigenvalue weighted by atomic mass is 10.0. The number of nitrogens with one attached hydrogen (secondary N) is 1. The second-order valence-electron chi connectivity index (χ2n) is 9.94. The molecule has 1 aliphatic carbocycles. The topological polar surface area (TPSA) is 92.8 Å². The number of aromatic amines is 1. The first-order valence-electron chi connectivity index (χ1n) is 12.9. The fourth-order valence-electron chi connectivity index (χ4n) is 5.48. The largest absolute Gasteiger partial charge is 0.468 e. The zero-order chi connectivity index (χ0) is 25.2. The first kappa shape index (κ1) is 23.4. The highest BCUT2D eigenvalue weighted by Gasteiger charge is 2.33. The van der Waals surface area contributed by atoms with Gasteiger partial charge in [0, 0.05) is 17.6 Å². The van der Waals surface area contributed by atoms with Gasteiger partial charge in [0.2, 0.25) is 0 Å². The summed E-state index contributed by atoms with van der Waals surface area (Å²) in [7, 11) is 0. The molecule has 2 aromatic carbocycles. The maximum absolute atomic E-state index is 13.7. The summed E-state index contributed by atoms with van der Waals surface area (Å²) in [5.74, 6) is 1.50. The van der Waals surface area contributed by atoms with Gasteiger partial charge in [-0.25, -0.2) is 4.68 Å². The monoisotopic (exact) mass is 494 g/mol. The lowest BCUT2D eigenvalue weighted by molar-refractivity contribution is 0.176. The van der Waals surface area contributed by atoms with E-state index in [1.165, 1.54) is 0 Å². The molecule has 1 saturated carbocycles. The quantitative estimate of drug-likeness (QED) is 0.314. The van der Waals surface area contributed by atoms with Crippen LogP contribution < -0.4 is 5.56 Å². The molecule has 8 nitrogen and oxygen atoms in total. The molecule has 1 aliphatic rings. The van der Waals surface area contributed by atoms with E-state index in [-0.39, 0.29) is 11.6 Å². The van der Waals surface area contributed by atoms with Crippen molar-refractivity contribution >= 4 is 10.9 Å². The third-order valence-corrected chi connectivity index (χ3v) is 7.29. The number of benzene rings is 2. The molecule has 1 fully saturated rings. The fraction of sp³-hybridized carbons (Fsp3) is 0.310. The van der Waals surface area contributed by atoms with Crippen LogP contribution in [0.5, 0.6) is 0 Å². The Labute approximate surface area is 214 Å². The van der Waals surface area contributed by atoms with Crippen LogP contribution in [0.15, 0.2) is 82.2 Å². The maximum atomic E-state index is 13.7. The minimum atomic E-state index is -0.477. The summed E-state index contributed by atoms with van der Waals surface area (Å²) in [5, 5.41) is 14.0. The highest BCUT2D eigenvalue weighted by Crippen LogP contribution is 2.35. The number of aromatic nitrogens is 5. The van der Waals surface area contributed by atoms with E-state index < -0.39 is 6.04 Å². The lowest BCUT2D eigenvalue weighted by Crippen LogP contribution is -2.35. The molecule has 8 heteroatoms. The summed E-state index contributed by atoms with van der Waals surface area (Å²) in [5.41, 5.74) is 3.53. The van der Waals surface area contributed by atoms with E-state index >= 15 is 0 Å². The number of aryl methyl sites for hydroxylation is 1. The number of nitrogens with zero attached hydrogens (tertiary/aromatic N) is 5. The Kier molecular flexibility index (Phi) is 6.40. The van der Waals surface area contributed by atoms with E-state index in [1.807, 2.05) is 54.1 Å². The molecule has 3 heterocycles. The molecule has 0 unspecified atom stereocenters. The number of H-pyrrole nitrogens is 1. The van der Waals surface area contributed by atoms with Gasteiger partial charge >= 0.3 is 0 Å². The lowest BCUT2D eigenvalue weighted by Gasteiger charge is -2.31. The third-order valence-electron chi connectivity index (χ3n) is 7.29. The molecule has 0 amide bonds. The zero-order valence-electron chi connectivity index (χ0n) is 20.9. The standard InChI is InChI=1S/C29H30N6O2/c1-20-13-14-22-17-25(29(36)30-26(22)16-20)27(28-31-32-33-35(28)23-10-5-6-11-23)34(19-24-12-7-15-37-24)18-21-8-3-2-4-9-21/h2-4,7-9,12-17,23,27H,5-6,10-11,18-19H2,1H3,(H,30,36)/t27-/m1/s1. The minimum Gasteiger partial charge on any atom is -0.468 e. The van der Waals surface area contributed by atoms with Gasteiger partial charge in [-0.15, -0.1) is 5.10 Å². The Bertz CT molecular complexity index is 1530. The third kappa shape index (κ3) is 4.84. The number of fused-ring (bicyclic) bond motifs is 1. The summed E-state index contributed by atoms with van der Waals surface area (Å²) < 4.78 is 7.72. The summed E-state index contributed by atoms with van der Waals surface area (Å²) in [6.07, 6.45) is 6.07. The van der Waals surface area contributed by atoms with Crippen molar-refractivity contribution < 1.29 is 4.42 Å². The molecule has 1 atom stereocenters. The zero-order valence-corrected chi connectivity index (χ0v) is 20.9. The van der Waals surface area contributed by atoms with Crippen LogP contribution in [0.4, 0.5) is 0 Å². The van der Waals surface area contributed by atoms with Gasteiger partial charge in [-0.1, -0.05) is 55.3 Å². The Morgan fingerprint density at radius 1 is 1.05 bits per heavy atom. The van der Waals surface area contributed by atoms with Gasteiger partial charge in [0.05, 0.1) is 18.8 Å². The first-order chi connectivity index (χ1) is 18.2. The van der Waals surface area contributed by atoms with Crippen LogP contribution in [0.25, 0.3) is 10.9 Å². The predicted octanol–water partition coefficient (Wildman–Crippen LogP) is 5.32.